The average molecular weight is 1280 g/mol. The van der Waals surface area contributed by atoms with Gasteiger partial charge >= 0.3 is 23.5 Å². The van der Waals surface area contributed by atoms with Gasteiger partial charge in [-0.05, 0) is 98.4 Å². The first-order valence-electron chi connectivity index (χ1n) is 29.1. The molecule has 0 spiro atoms. The first-order chi connectivity index (χ1) is 42.4. The van der Waals surface area contributed by atoms with Crippen LogP contribution in [0.2, 0.25) is 0 Å². The first-order valence-corrected chi connectivity index (χ1v) is 33.7. The predicted octanol–water partition coefficient (Wildman–Crippen LogP) is 5.54. The van der Waals surface area contributed by atoms with Gasteiger partial charge in [-0.1, -0.05) is 31.8 Å². The van der Waals surface area contributed by atoms with Crippen molar-refractivity contribution < 1.29 is 80.2 Å². The van der Waals surface area contributed by atoms with Crippen LogP contribution < -0.4 is 41.4 Å². The Hall–Kier alpha value is -7.24. The maximum absolute atomic E-state index is 14.2. The fourth-order valence-corrected chi connectivity index (χ4v) is 16.3. The van der Waals surface area contributed by atoms with Crippen LogP contribution in [0.5, 0.6) is 11.5 Å². The minimum atomic E-state index is -5.83. The number of aliphatic hydroxyl groups excluding tert-OH is 1. The number of rotatable bonds is 19. The standard InChI is InChI=1S/C59H63N8O19P3/c1-32(2)22-47(81-30-38-28-66(56-50(38)58(71)63-59(60)62-56)49-27-46(69)48(83-49)31-82-88(77,78)86-89(79,80)85-87(74,75)76)39-16-13-33(23-45(39)67(72)73)8-3-17-61-57(70)36-14-15-37(29-68)42(26-36)51-43-24-34-9-4-18-64-20-6-11-40(52(34)64)54(43)84-55-41-12-7-21-65-19-5-10-35(53(41)65)25-44(51)55/h13-16,23-26,28-29,32,46-49,69H,4-7,9-12,17-22,27,30-31H2,1-2H3,(H7-,60,61,62,63,70,71,74,75,76,77,78,79,80)/p+1/t46-,47?,48-,49-/m1/s1. The summed E-state index contributed by atoms with van der Waals surface area (Å²) < 4.78 is 70.8. The van der Waals surface area contributed by atoms with Gasteiger partial charge in [0.1, 0.15) is 36.9 Å². The minimum Gasteiger partial charge on any atom is -0.455 e. The van der Waals surface area contributed by atoms with Crippen LogP contribution in [0, 0.1) is 27.9 Å². The average Bonchev–Trinajstić information content (AvgIpc) is 1.69. The van der Waals surface area contributed by atoms with Crippen molar-refractivity contribution in [2.75, 3.05) is 50.0 Å². The number of H-pyrrole nitrogens is 1. The van der Waals surface area contributed by atoms with Crippen molar-refractivity contribution in [3.63, 3.8) is 0 Å². The Bertz CT molecular complexity index is 4360. The van der Waals surface area contributed by atoms with Gasteiger partial charge in [-0.3, -0.25) is 34.0 Å². The zero-order valence-corrected chi connectivity index (χ0v) is 51.0. The molecule has 6 aliphatic rings. The van der Waals surface area contributed by atoms with Crippen LogP contribution in [0.1, 0.15) is 135 Å². The number of anilines is 2. The zero-order chi connectivity index (χ0) is 62.8. The lowest BCUT2D eigenvalue weighted by Gasteiger charge is -2.39. The van der Waals surface area contributed by atoms with E-state index in [1.54, 1.807) is 24.3 Å². The van der Waals surface area contributed by atoms with Crippen LogP contribution in [0.15, 0.2) is 59.5 Å². The molecule has 0 saturated carbocycles. The number of nitrogen functional groups attached to an aromatic ring is 1. The van der Waals surface area contributed by atoms with Gasteiger partial charge in [0, 0.05) is 100 Å². The second-order valence-corrected chi connectivity index (χ2v) is 27.7. The third-order valence-electron chi connectivity index (χ3n) is 16.8. The topological polar surface area (TPSA) is 380 Å². The number of phosphoric ester groups is 1. The molecule has 27 nitrogen and oxygen atoms in total. The summed E-state index contributed by atoms with van der Waals surface area (Å²) in [7, 11) is -17.1. The van der Waals surface area contributed by atoms with Gasteiger partial charge in [-0.15, -0.1) is 0 Å². The van der Waals surface area contributed by atoms with E-state index >= 15 is 0 Å². The lowest BCUT2D eigenvalue weighted by Crippen LogP contribution is -2.45. The summed E-state index contributed by atoms with van der Waals surface area (Å²) in [4.78, 5) is 99.4. The number of aromatic nitrogens is 3. The van der Waals surface area contributed by atoms with E-state index < -0.39 is 71.0 Å². The van der Waals surface area contributed by atoms with Gasteiger partial charge in [-0.2, -0.15) is 13.6 Å². The number of nitro groups is 1. The number of aryl methyl sites for hydroxylation is 2. The van der Waals surface area contributed by atoms with E-state index in [4.69, 9.17) is 29.7 Å². The predicted molar refractivity (Wildman–Crippen MR) is 321 cm³/mol. The molecule has 8 heterocycles. The summed E-state index contributed by atoms with van der Waals surface area (Å²) in [5.74, 6) is 6.71. The Morgan fingerprint density at radius 1 is 0.966 bits per heavy atom. The van der Waals surface area contributed by atoms with Gasteiger partial charge < -0.3 is 59.4 Å². The van der Waals surface area contributed by atoms with Crippen molar-refractivity contribution in [2.45, 2.75) is 109 Å². The highest BCUT2D eigenvalue weighted by atomic mass is 31.3. The monoisotopic (exact) mass is 1280 g/mol. The number of phosphoric acid groups is 3. The molecule has 0 bridgehead atoms. The van der Waals surface area contributed by atoms with Gasteiger partial charge in [0.05, 0.1) is 53.4 Å². The molecule has 6 aliphatic heterocycles. The number of hydrogen-bond donors (Lipinski definition) is 8. The first kappa shape index (κ1) is 62.0. The van der Waals surface area contributed by atoms with Crippen LogP contribution in [-0.2, 0) is 68.6 Å². The molecule has 4 aromatic carbocycles. The summed E-state index contributed by atoms with van der Waals surface area (Å²) in [5.41, 5.74) is 14.9. The van der Waals surface area contributed by atoms with Gasteiger partial charge in [0.15, 0.2) is 11.9 Å². The van der Waals surface area contributed by atoms with E-state index in [2.05, 4.69) is 61.9 Å². The van der Waals surface area contributed by atoms with E-state index in [-0.39, 0.29) is 71.3 Å². The van der Waals surface area contributed by atoms with Crippen molar-refractivity contribution in [1.29, 1.82) is 0 Å². The quantitative estimate of drug-likeness (QED) is 0.0123. The molecule has 6 atom stereocenters. The highest BCUT2D eigenvalue weighted by molar-refractivity contribution is 7.66. The fraction of sp³-hybridized carbons (Fsp3) is 0.407. The van der Waals surface area contributed by atoms with E-state index in [0.717, 1.165) is 112 Å². The van der Waals surface area contributed by atoms with E-state index in [1.165, 1.54) is 56.2 Å². The number of carbonyl (C=O) groups excluding carboxylic acids is 2. The molecule has 1 amide bonds. The number of aromatic amines is 1. The summed E-state index contributed by atoms with van der Waals surface area (Å²) in [6.45, 7) is 6.34. The van der Waals surface area contributed by atoms with Crippen molar-refractivity contribution >= 4 is 69.6 Å². The lowest BCUT2D eigenvalue weighted by atomic mass is 9.81. The number of amides is 1. The summed E-state index contributed by atoms with van der Waals surface area (Å²) >= 11 is 0. The minimum absolute atomic E-state index is 0.0183. The third-order valence-corrected chi connectivity index (χ3v) is 20.6. The molecule has 468 valence electrons. The second kappa shape index (κ2) is 24.5. The van der Waals surface area contributed by atoms with Crippen LogP contribution >= 0.6 is 23.5 Å². The maximum Gasteiger partial charge on any atom is 0.490 e. The van der Waals surface area contributed by atoms with Crippen molar-refractivity contribution in [1.82, 2.24) is 24.4 Å². The smallest absolute Gasteiger partial charge is 0.455 e. The molecule has 30 heteroatoms. The maximum atomic E-state index is 14.2. The summed E-state index contributed by atoms with van der Waals surface area (Å²) in [6, 6.07) is 14.0. The Morgan fingerprint density at radius 2 is 1.72 bits per heavy atom. The number of ether oxygens (including phenoxy) is 3. The summed E-state index contributed by atoms with van der Waals surface area (Å²) in [5, 5.41) is 28.8. The molecule has 2 aromatic heterocycles. The Balaban J connectivity index is 0.778. The molecule has 1 fully saturated rings. The summed E-state index contributed by atoms with van der Waals surface area (Å²) in [6.07, 6.45) is 4.99. The van der Waals surface area contributed by atoms with Crippen LogP contribution in [-0.4, -0.2) is 108 Å². The molecule has 3 unspecified atom stereocenters. The fourth-order valence-electron chi connectivity index (χ4n) is 13.2. The van der Waals surface area contributed by atoms with E-state index in [0.29, 0.717) is 16.7 Å². The molecule has 89 heavy (non-hydrogen) atoms. The number of fused-ring (bicyclic) bond motifs is 5. The molecule has 1 saturated heterocycles. The van der Waals surface area contributed by atoms with Crippen molar-refractivity contribution in [2.24, 2.45) is 5.92 Å². The van der Waals surface area contributed by atoms with Gasteiger partial charge in [0.2, 0.25) is 11.3 Å². The number of aliphatic hydroxyl groups is 1. The number of benzene rings is 4. The highest BCUT2D eigenvalue weighted by Crippen LogP contribution is 2.66. The number of aldehydes is 1. The molecule has 12 rings (SSSR count). The largest absolute Gasteiger partial charge is 0.490 e. The zero-order valence-electron chi connectivity index (χ0n) is 48.3. The Labute approximate surface area is 507 Å². The second-order valence-electron chi connectivity index (χ2n) is 23.2. The number of carbonyl (C=O) groups is 2. The number of nitrogens with one attached hydrogen (secondary N) is 2. The number of hydrogen-bond acceptors (Lipinski definition) is 18. The molecule has 0 radical (unpaired) electrons. The van der Waals surface area contributed by atoms with E-state index in [1.807, 2.05) is 13.8 Å². The normalized spacial score (nSPS) is 20.0. The van der Waals surface area contributed by atoms with Gasteiger partial charge in [-0.25, -0.2) is 18.3 Å². The van der Waals surface area contributed by atoms with Crippen LogP contribution in [0.25, 0.3) is 16.6 Å². The number of nitro benzene ring substituents is 1. The van der Waals surface area contributed by atoms with Crippen LogP contribution in [0.4, 0.5) is 17.3 Å². The molecular formula is C59H64N8O19P3+. The third kappa shape index (κ3) is 12.7. The molecule has 9 N–H and O–H groups in total. The molecule has 0 aliphatic carbocycles. The number of nitrogens with zero attached hydrogens (tertiary/aromatic N) is 5. The van der Waals surface area contributed by atoms with Gasteiger partial charge in [0.25, 0.3) is 17.2 Å². The molecular weight excluding hydrogens is 1220 g/mol. The van der Waals surface area contributed by atoms with Crippen LogP contribution in [0.3, 0.4) is 0 Å². The Morgan fingerprint density at radius 3 is 2.47 bits per heavy atom. The van der Waals surface area contributed by atoms with Crippen molar-refractivity contribution in [3.8, 4) is 23.3 Å². The van der Waals surface area contributed by atoms with E-state index in [9.17, 15) is 53.1 Å². The number of nitrogens with two attached hydrogens (primary N) is 1. The Kier molecular flexibility index (Phi) is 17.1. The SMILES string of the molecule is CC(C)CC(OCc1cn([C@H]2C[C@@H](O)[C@@H](COP(=O)(O)OP(=O)(O)OP(=O)(O)O)O2)c2nc(N)[nH]c(=O)c12)c1ccc(C#CCNC(=O)c2ccc(C=O)c(C3=c4cc5c6c(c4Oc4c3cc3c7c4CCCN7CCC3)CCC[N+]=6CCC5)c2)cc1[N+](=O)[O-]. The lowest BCUT2D eigenvalue weighted by molar-refractivity contribution is -0.386. The molecule has 6 aromatic rings. The van der Waals surface area contributed by atoms with Crippen molar-refractivity contribution in [3.05, 3.63) is 147 Å². The highest BCUT2D eigenvalue weighted by Gasteiger charge is 2.44.